The zero-order chi connectivity index (χ0) is 20.4. The van der Waals surface area contributed by atoms with Crippen LogP contribution in [0.3, 0.4) is 0 Å². The van der Waals surface area contributed by atoms with Gasteiger partial charge >= 0.3 is 0 Å². The Morgan fingerprint density at radius 2 is 1.44 bits per heavy atom. The number of rotatable bonds is 2. The molecule has 0 spiro atoms. The molecule has 0 heterocycles. The average molecular weight is 429 g/mol. The predicted octanol–water partition coefficient (Wildman–Crippen LogP) is 3.22. The quantitative estimate of drug-likeness (QED) is 0.472. The Labute approximate surface area is 161 Å². The maximum absolute atomic E-state index is 11.1. The van der Waals surface area contributed by atoms with Crippen molar-refractivity contribution >= 4 is 48.3 Å². The minimum absolute atomic E-state index is 0.0167. The third-order valence-corrected chi connectivity index (χ3v) is 5.66. The molecule has 0 bridgehead atoms. The Morgan fingerprint density at radius 1 is 0.926 bits per heavy atom. The van der Waals surface area contributed by atoms with Crippen LogP contribution < -0.4 is 5.73 Å². The first-order valence-electron chi connectivity index (χ1n) is 7.38. The van der Waals surface area contributed by atoms with Crippen LogP contribution in [0.15, 0.2) is 64.4 Å². The third kappa shape index (κ3) is 5.18. The zero-order valence-electron chi connectivity index (χ0n) is 14.0. The van der Waals surface area contributed by atoms with Gasteiger partial charge in [-0.3, -0.25) is 4.55 Å². The molecule has 3 N–H and O–H groups in total. The Bertz CT molecular complexity index is 1140. The molecule has 3 aromatic rings. The van der Waals surface area contributed by atoms with Crippen LogP contribution in [0.4, 0.5) is 5.69 Å². The van der Waals surface area contributed by atoms with Gasteiger partial charge in [0.2, 0.25) is 0 Å². The summed E-state index contributed by atoms with van der Waals surface area (Å²) in [6.07, 6.45) is 0. The highest BCUT2D eigenvalue weighted by Crippen LogP contribution is 2.27. The number of aryl methyl sites for hydroxylation is 1. The Kier molecular flexibility index (Phi) is 6.13. The second kappa shape index (κ2) is 7.83. The standard InChI is InChI=1S/C10H8O6S2.C7H8ClN/c11-17(12,13)9-5-1-3-7-8(9)4-2-6-10(7)18(14,15)16;1-5-4-6(8)2-3-7(5)9/h1-6H,(H,11,12,13)(H,14,15,16);2-4H,9H2,1H3/p-1. The molecule has 0 aromatic heterocycles. The first-order chi connectivity index (χ1) is 12.4. The van der Waals surface area contributed by atoms with Crippen molar-refractivity contribution in [1.82, 2.24) is 0 Å². The van der Waals surface area contributed by atoms with E-state index in [-0.39, 0.29) is 10.8 Å². The fourth-order valence-electron chi connectivity index (χ4n) is 2.33. The van der Waals surface area contributed by atoms with Gasteiger partial charge in [-0.1, -0.05) is 35.9 Å². The summed E-state index contributed by atoms with van der Waals surface area (Å²) < 4.78 is 64.4. The van der Waals surface area contributed by atoms with Crippen LogP contribution in [0.25, 0.3) is 10.8 Å². The van der Waals surface area contributed by atoms with Crippen LogP contribution >= 0.6 is 11.6 Å². The summed E-state index contributed by atoms with van der Waals surface area (Å²) in [4.78, 5) is -0.962. The SMILES string of the molecule is Cc1cc(Cl)ccc1N.O=S(=O)([O-])c1cccc2c(S(=O)(=O)O)cccc12. The van der Waals surface area contributed by atoms with Crippen molar-refractivity contribution in [3.8, 4) is 0 Å². The van der Waals surface area contributed by atoms with Crippen molar-refractivity contribution in [1.29, 1.82) is 0 Å². The van der Waals surface area contributed by atoms with Crippen molar-refractivity contribution < 1.29 is 25.9 Å². The highest BCUT2D eigenvalue weighted by molar-refractivity contribution is 7.86. The molecule has 0 aliphatic rings. The van der Waals surface area contributed by atoms with Crippen molar-refractivity contribution in [2.24, 2.45) is 0 Å². The van der Waals surface area contributed by atoms with E-state index in [4.69, 9.17) is 21.9 Å². The van der Waals surface area contributed by atoms with E-state index in [0.29, 0.717) is 0 Å². The Morgan fingerprint density at radius 3 is 1.89 bits per heavy atom. The molecule has 10 heteroatoms. The fourth-order valence-corrected chi connectivity index (χ4v) is 3.96. The summed E-state index contributed by atoms with van der Waals surface area (Å²) in [5.41, 5.74) is 7.35. The molecule has 0 saturated heterocycles. The van der Waals surface area contributed by atoms with Crippen LogP contribution in [-0.4, -0.2) is 25.9 Å². The lowest BCUT2D eigenvalue weighted by Gasteiger charge is -2.11. The number of nitrogens with two attached hydrogens (primary N) is 1. The molecule has 0 atom stereocenters. The summed E-state index contributed by atoms with van der Waals surface area (Å²) >= 11 is 5.66. The number of benzene rings is 3. The molecular formula is C17H15ClNO6S2-. The molecule has 0 unspecified atom stereocenters. The second-order valence-corrected chi connectivity index (χ2v) is 8.71. The largest absolute Gasteiger partial charge is 0.744 e. The molecular weight excluding hydrogens is 414 g/mol. The van der Waals surface area contributed by atoms with Gasteiger partial charge in [0.25, 0.3) is 10.1 Å². The molecule has 3 aromatic carbocycles. The van der Waals surface area contributed by atoms with E-state index in [2.05, 4.69) is 0 Å². The minimum atomic E-state index is -4.72. The number of hydrogen-bond donors (Lipinski definition) is 2. The lowest BCUT2D eigenvalue weighted by atomic mass is 10.1. The van der Waals surface area contributed by atoms with E-state index < -0.39 is 30.0 Å². The van der Waals surface area contributed by atoms with Gasteiger partial charge in [-0.2, -0.15) is 8.42 Å². The molecule has 144 valence electrons. The van der Waals surface area contributed by atoms with E-state index in [1.807, 2.05) is 13.0 Å². The van der Waals surface area contributed by atoms with E-state index in [0.717, 1.165) is 28.4 Å². The predicted molar refractivity (Wildman–Crippen MR) is 102 cm³/mol. The van der Waals surface area contributed by atoms with Gasteiger partial charge in [0.15, 0.2) is 0 Å². The van der Waals surface area contributed by atoms with E-state index >= 15 is 0 Å². The second-order valence-electron chi connectivity index (χ2n) is 5.54. The minimum Gasteiger partial charge on any atom is -0.744 e. The maximum atomic E-state index is 11.1. The molecule has 0 saturated carbocycles. The molecule has 3 rings (SSSR count). The van der Waals surface area contributed by atoms with Crippen LogP contribution in [0.5, 0.6) is 0 Å². The normalized spacial score (nSPS) is 11.7. The Hall–Kier alpha value is -2.17. The van der Waals surface area contributed by atoms with Crippen molar-refractivity contribution in [3.63, 3.8) is 0 Å². The van der Waals surface area contributed by atoms with Gasteiger partial charge in [0.05, 0.1) is 4.90 Å². The van der Waals surface area contributed by atoms with Crippen LogP contribution in [0, 0.1) is 6.92 Å². The number of fused-ring (bicyclic) bond motifs is 1. The third-order valence-electron chi connectivity index (χ3n) is 3.62. The number of anilines is 1. The summed E-state index contributed by atoms with van der Waals surface area (Å²) in [6, 6.07) is 12.7. The van der Waals surface area contributed by atoms with Gasteiger partial charge in [-0.05, 0) is 42.8 Å². The van der Waals surface area contributed by atoms with E-state index in [1.165, 1.54) is 24.3 Å². The first kappa shape index (κ1) is 21.1. The summed E-state index contributed by atoms with van der Waals surface area (Å²) in [5, 5.41) is 0.682. The monoisotopic (exact) mass is 428 g/mol. The van der Waals surface area contributed by atoms with Crippen LogP contribution in [-0.2, 0) is 20.2 Å². The number of hydrogen-bond acceptors (Lipinski definition) is 6. The molecule has 0 radical (unpaired) electrons. The van der Waals surface area contributed by atoms with Crippen molar-refractivity contribution in [3.05, 3.63) is 65.2 Å². The van der Waals surface area contributed by atoms with Gasteiger partial charge in [-0.25, -0.2) is 8.42 Å². The van der Waals surface area contributed by atoms with Crippen LogP contribution in [0.1, 0.15) is 5.56 Å². The van der Waals surface area contributed by atoms with Gasteiger partial charge in [0, 0.05) is 21.5 Å². The zero-order valence-corrected chi connectivity index (χ0v) is 16.3. The molecule has 0 aliphatic carbocycles. The first-order valence-corrected chi connectivity index (χ1v) is 10.6. The molecule has 0 fully saturated rings. The lowest BCUT2D eigenvalue weighted by molar-refractivity contribution is 0.463. The molecule has 0 aliphatic heterocycles. The maximum Gasteiger partial charge on any atom is 0.295 e. The van der Waals surface area contributed by atoms with E-state index in [1.54, 1.807) is 12.1 Å². The highest BCUT2D eigenvalue weighted by Gasteiger charge is 2.16. The van der Waals surface area contributed by atoms with Gasteiger partial charge in [-0.15, -0.1) is 0 Å². The Balaban J connectivity index is 0.000000244. The number of halogens is 1. The summed E-state index contributed by atoms with van der Waals surface area (Å²) in [7, 11) is -9.21. The summed E-state index contributed by atoms with van der Waals surface area (Å²) in [6.45, 7) is 1.93. The average Bonchev–Trinajstić information content (AvgIpc) is 2.56. The van der Waals surface area contributed by atoms with Gasteiger partial charge < -0.3 is 10.3 Å². The summed E-state index contributed by atoms with van der Waals surface area (Å²) in [5.74, 6) is 0. The number of nitrogen functional groups attached to an aromatic ring is 1. The highest BCUT2D eigenvalue weighted by atomic mass is 35.5. The molecule has 27 heavy (non-hydrogen) atoms. The smallest absolute Gasteiger partial charge is 0.295 e. The topological polar surface area (TPSA) is 138 Å². The van der Waals surface area contributed by atoms with Crippen molar-refractivity contribution in [2.45, 2.75) is 16.7 Å². The molecule has 7 nitrogen and oxygen atoms in total. The van der Waals surface area contributed by atoms with Crippen molar-refractivity contribution in [2.75, 3.05) is 5.73 Å². The van der Waals surface area contributed by atoms with E-state index in [9.17, 15) is 21.4 Å². The van der Waals surface area contributed by atoms with Crippen LogP contribution in [0.2, 0.25) is 5.02 Å². The molecule has 0 amide bonds. The van der Waals surface area contributed by atoms with Gasteiger partial charge in [0.1, 0.15) is 15.0 Å². The lowest BCUT2D eigenvalue weighted by Crippen LogP contribution is -2.02. The fraction of sp³-hybridized carbons (Fsp3) is 0.0588.